The van der Waals surface area contributed by atoms with Crippen LogP contribution in [0.4, 0.5) is 0 Å². The lowest BCUT2D eigenvalue weighted by Crippen LogP contribution is -2.45. The van der Waals surface area contributed by atoms with Crippen molar-refractivity contribution in [2.75, 3.05) is 26.2 Å². The van der Waals surface area contributed by atoms with Crippen LogP contribution in [-0.4, -0.2) is 63.8 Å². The molecule has 0 aromatic carbocycles. The van der Waals surface area contributed by atoms with Gasteiger partial charge < -0.3 is 20.1 Å². The van der Waals surface area contributed by atoms with E-state index in [4.69, 9.17) is 4.99 Å². The monoisotopic (exact) mass is 361 g/mol. The molecule has 0 aliphatic carbocycles. The molecule has 26 heavy (non-hydrogen) atoms. The number of nitrogens with zero attached hydrogens (tertiary/aromatic N) is 5. The fourth-order valence-corrected chi connectivity index (χ4v) is 3.74. The molecule has 3 rings (SSSR count). The van der Waals surface area contributed by atoms with Crippen LogP contribution in [0.2, 0.25) is 0 Å². The van der Waals surface area contributed by atoms with Crippen molar-refractivity contribution < 1.29 is 4.79 Å². The second kappa shape index (κ2) is 8.51. The first-order valence-electron chi connectivity index (χ1n) is 9.82. The topological polar surface area (TPSA) is 87.4 Å². The Hall–Kier alpha value is -2.12. The van der Waals surface area contributed by atoms with Crippen LogP contribution in [-0.2, 0) is 17.8 Å². The number of likely N-dealkylation sites (tertiary alicyclic amines) is 1. The largest absolute Gasteiger partial charge is 0.357 e. The van der Waals surface area contributed by atoms with Crippen LogP contribution in [0, 0.1) is 12.8 Å². The highest BCUT2D eigenvalue weighted by atomic mass is 16.2. The van der Waals surface area contributed by atoms with Gasteiger partial charge in [0.25, 0.3) is 0 Å². The van der Waals surface area contributed by atoms with Gasteiger partial charge in [0.2, 0.25) is 5.91 Å². The number of aromatic nitrogens is 3. The summed E-state index contributed by atoms with van der Waals surface area (Å²) in [5, 5.41) is 15.2. The summed E-state index contributed by atoms with van der Waals surface area (Å²) in [5.41, 5.74) is 0. The summed E-state index contributed by atoms with van der Waals surface area (Å²) in [6.07, 6.45) is 3.63. The number of carbonyl (C=O) groups is 1. The number of carbonyl (C=O) groups excluding carboxylic acids is 1. The molecule has 3 heterocycles. The number of aryl methyl sites for hydroxylation is 2. The Labute approximate surface area is 155 Å². The van der Waals surface area contributed by atoms with Gasteiger partial charge in [0, 0.05) is 51.6 Å². The summed E-state index contributed by atoms with van der Waals surface area (Å²) in [4.78, 5) is 18.6. The maximum Gasteiger partial charge on any atom is 0.222 e. The minimum Gasteiger partial charge on any atom is -0.357 e. The number of hydrogen-bond acceptors (Lipinski definition) is 4. The summed E-state index contributed by atoms with van der Waals surface area (Å²) < 4.78 is 2.22. The fourth-order valence-electron chi connectivity index (χ4n) is 3.74. The predicted octanol–water partition coefficient (Wildman–Crippen LogP) is 0.715. The molecular weight excluding hydrogens is 330 g/mol. The second-order valence-electron chi connectivity index (χ2n) is 7.22. The first kappa shape index (κ1) is 18.7. The number of aliphatic imine (C=N–C) groups is 1. The minimum absolute atomic E-state index is 0.235. The van der Waals surface area contributed by atoms with Gasteiger partial charge >= 0.3 is 0 Å². The zero-order chi connectivity index (χ0) is 18.5. The van der Waals surface area contributed by atoms with Crippen LogP contribution in [0.1, 0.15) is 44.8 Å². The minimum atomic E-state index is 0.235. The smallest absolute Gasteiger partial charge is 0.222 e. The summed E-state index contributed by atoms with van der Waals surface area (Å²) in [5.74, 6) is 3.69. The molecule has 2 atom stereocenters. The van der Waals surface area contributed by atoms with Crippen molar-refractivity contribution in [2.45, 2.75) is 59.0 Å². The molecule has 1 aromatic heterocycles. The molecule has 0 spiro atoms. The molecule has 1 aromatic rings. The first-order chi connectivity index (χ1) is 12.6. The summed E-state index contributed by atoms with van der Waals surface area (Å²) in [6, 6.07) is 0.279. The average molecular weight is 361 g/mol. The normalized spacial score (nSPS) is 23.0. The molecule has 1 saturated heterocycles. The van der Waals surface area contributed by atoms with E-state index in [-0.39, 0.29) is 11.9 Å². The molecule has 0 saturated carbocycles. The third-order valence-electron chi connectivity index (χ3n) is 5.27. The van der Waals surface area contributed by atoms with Crippen molar-refractivity contribution in [3.8, 4) is 0 Å². The van der Waals surface area contributed by atoms with Gasteiger partial charge in [-0.2, -0.15) is 0 Å². The van der Waals surface area contributed by atoms with Crippen molar-refractivity contribution in [1.29, 1.82) is 0 Å². The number of rotatable bonds is 5. The van der Waals surface area contributed by atoms with Gasteiger partial charge in [-0.3, -0.25) is 9.79 Å². The van der Waals surface area contributed by atoms with Gasteiger partial charge in [0.1, 0.15) is 11.6 Å². The quantitative estimate of drug-likeness (QED) is 0.596. The molecule has 1 amide bonds. The molecule has 2 aliphatic heterocycles. The highest BCUT2D eigenvalue weighted by Crippen LogP contribution is 2.20. The van der Waals surface area contributed by atoms with E-state index >= 15 is 0 Å². The standard InChI is InChI=1S/C18H31N7O/c1-4-17(26)24-9-8-15(12-24)21-18(19-5-2)20-10-14-6-7-16-23-22-13(3)25(16)11-14/h14-15H,4-12H2,1-3H3,(H2,19,20,21). The third-order valence-corrected chi connectivity index (χ3v) is 5.27. The van der Waals surface area contributed by atoms with E-state index in [1.165, 1.54) is 0 Å². The molecule has 0 radical (unpaired) electrons. The van der Waals surface area contributed by atoms with Crippen molar-refractivity contribution in [1.82, 2.24) is 30.3 Å². The predicted molar refractivity (Wildman–Crippen MR) is 101 cm³/mol. The Balaban J connectivity index is 1.55. The Morgan fingerprint density at radius 1 is 1.27 bits per heavy atom. The van der Waals surface area contributed by atoms with Crippen LogP contribution in [0.3, 0.4) is 0 Å². The maximum atomic E-state index is 11.8. The lowest BCUT2D eigenvalue weighted by Gasteiger charge is -2.23. The number of guanidine groups is 1. The molecule has 1 fully saturated rings. The van der Waals surface area contributed by atoms with Gasteiger partial charge in [-0.1, -0.05) is 6.92 Å². The van der Waals surface area contributed by atoms with E-state index in [1.54, 1.807) is 0 Å². The highest BCUT2D eigenvalue weighted by molar-refractivity contribution is 5.80. The molecule has 0 bridgehead atoms. The van der Waals surface area contributed by atoms with Gasteiger partial charge in [0.15, 0.2) is 5.96 Å². The zero-order valence-corrected chi connectivity index (χ0v) is 16.2. The highest BCUT2D eigenvalue weighted by Gasteiger charge is 2.26. The zero-order valence-electron chi connectivity index (χ0n) is 16.2. The van der Waals surface area contributed by atoms with Crippen molar-refractivity contribution >= 4 is 11.9 Å². The second-order valence-corrected chi connectivity index (χ2v) is 7.22. The van der Waals surface area contributed by atoms with Gasteiger partial charge in [-0.25, -0.2) is 0 Å². The lowest BCUT2D eigenvalue weighted by molar-refractivity contribution is -0.129. The van der Waals surface area contributed by atoms with Gasteiger partial charge in [-0.15, -0.1) is 10.2 Å². The Kier molecular flexibility index (Phi) is 6.11. The molecule has 8 nitrogen and oxygen atoms in total. The lowest BCUT2D eigenvalue weighted by atomic mass is 9.99. The van der Waals surface area contributed by atoms with Crippen LogP contribution in [0.25, 0.3) is 0 Å². The summed E-state index contributed by atoms with van der Waals surface area (Å²) in [7, 11) is 0. The van der Waals surface area contributed by atoms with E-state index in [1.807, 2.05) is 18.7 Å². The Morgan fingerprint density at radius 3 is 2.88 bits per heavy atom. The Bertz CT molecular complexity index is 654. The van der Waals surface area contributed by atoms with Crippen molar-refractivity contribution in [3.63, 3.8) is 0 Å². The number of amides is 1. The SMILES string of the molecule is CCNC(=NCC1CCc2nnc(C)n2C1)NC1CCN(C(=O)CC)C1. The molecule has 2 aliphatic rings. The molecule has 8 heteroatoms. The van der Waals surface area contributed by atoms with Gasteiger partial charge in [-0.05, 0) is 32.6 Å². The Morgan fingerprint density at radius 2 is 2.12 bits per heavy atom. The van der Waals surface area contributed by atoms with Crippen LogP contribution >= 0.6 is 0 Å². The van der Waals surface area contributed by atoms with Crippen LogP contribution in [0.15, 0.2) is 4.99 Å². The summed E-state index contributed by atoms with van der Waals surface area (Å²) in [6.45, 7) is 10.2. The first-order valence-corrected chi connectivity index (χ1v) is 9.82. The van der Waals surface area contributed by atoms with Crippen LogP contribution in [0.5, 0.6) is 0 Å². The number of hydrogen-bond donors (Lipinski definition) is 2. The molecule has 2 N–H and O–H groups in total. The fraction of sp³-hybridized carbons (Fsp3) is 0.778. The third kappa shape index (κ3) is 4.34. The molecular formula is C18H31N7O. The van der Waals surface area contributed by atoms with E-state index in [2.05, 4.69) is 32.3 Å². The van der Waals surface area contributed by atoms with E-state index in [0.717, 1.165) is 69.6 Å². The van der Waals surface area contributed by atoms with E-state index in [0.29, 0.717) is 12.3 Å². The number of fused-ring (bicyclic) bond motifs is 1. The maximum absolute atomic E-state index is 11.8. The molecule has 2 unspecified atom stereocenters. The number of nitrogens with one attached hydrogen (secondary N) is 2. The van der Waals surface area contributed by atoms with E-state index in [9.17, 15) is 4.79 Å². The average Bonchev–Trinajstić information content (AvgIpc) is 3.26. The molecule has 144 valence electrons. The van der Waals surface area contributed by atoms with Crippen LogP contribution < -0.4 is 10.6 Å². The van der Waals surface area contributed by atoms with Crippen molar-refractivity contribution in [2.24, 2.45) is 10.9 Å². The van der Waals surface area contributed by atoms with E-state index < -0.39 is 0 Å². The van der Waals surface area contributed by atoms with Crippen molar-refractivity contribution in [3.05, 3.63) is 11.6 Å². The van der Waals surface area contributed by atoms with Gasteiger partial charge in [0.05, 0.1) is 0 Å². The summed E-state index contributed by atoms with van der Waals surface area (Å²) >= 11 is 0.